The molecule has 0 radical (unpaired) electrons. The van der Waals surface area contributed by atoms with Gasteiger partial charge in [0.25, 0.3) is 0 Å². The molecule has 1 rings (SSSR count). The van der Waals surface area contributed by atoms with E-state index in [4.69, 9.17) is 4.74 Å². The molecule has 0 aromatic rings. The average molecular weight is 242 g/mol. The molecule has 1 saturated carbocycles. The molecule has 1 atom stereocenters. The standard InChI is InChI=1S/C13H26N2O2/c1-4-9-14-11-5-7-12(8-6-11)15-13(16)10(2)17-3/h10-12,14H,4-9H2,1-3H3,(H,15,16). The van der Waals surface area contributed by atoms with Crippen molar-refractivity contribution >= 4 is 5.91 Å². The Hall–Kier alpha value is -0.610. The summed E-state index contributed by atoms with van der Waals surface area (Å²) in [6.07, 6.45) is 5.30. The van der Waals surface area contributed by atoms with Crippen LogP contribution in [0.4, 0.5) is 0 Å². The maximum Gasteiger partial charge on any atom is 0.249 e. The van der Waals surface area contributed by atoms with E-state index in [0.717, 1.165) is 32.2 Å². The van der Waals surface area contributed by atoms with E-state index in [-0.39, 0.29) is 12.0 Å². The minimum atomic E-state index is -0.342. The fourth-order valence-corrected chi connectivity index (χ4v) is 2.22. The van der Waals surface area contributed by atoms with Crippen molar-refractivity contribution in [1.82, 2.24) is 10.6 Å². The Labute approximate surface area is 104 Å². The Bertz CT molecular complexity index is 225. The van der Waals surface area contributed by atoms with Crippen LogP contribution >= 0.6 is 0 Å². The van der Waals surface area contributed by atoms with Crippen molar-refractivity contribution < 1.29 is 9.53 Å². The van der Waals surface area contributed by atoms with Gasteiger partial charge in [-0.1, -0.05) is 6.92 Å². The van der Waals surface area contributed by atoms with E-state index >= 15 is 0 Å². The molecule has 0 bridgehead atoms. The third kappa shape index (κ3) is 5.04. The number of methoxy groups -OCH3 is 1. The zero-order chi connectivity index (χ0) is 12.7. The summed E-state index contributed by atoms with van der Waals surface area (Å²) >= 11 is 0. The van der Waals surface area contributed by atoms with Crippen LogP contribution in [0.1, 0.15) is 46.0 Å². The van der Waals surface area contributed by atoms with Crippen molar-refractivity contribution in [2.24, 2.45) is 0 Å². The lowest BCUT2D eigenvalue weighted by molar-refractivity contribution is -0.131. The van der Waals surface area contributed by atoms with Crippen LogP contribution in [0.15, 0.2) is 0 Å². The summed E-state index contributed by atoms with van der Waals surface area (Å²) in [5, 5.41) is 6.60. The molecule has 1 unspecified atom stereocenters. The molecule has 1 amide bonds. The van der Waals surface area contributed by atoms with E-state index in [1.54, 1.807) is 14.0 Å². The highest BCUT2D eigenvalue weighted by Crippen LogP contribution is 2.18. The third-order valence-electron chi connectivity index (χ3n) is 3.48. The van der Waals surface area contributed by atoms with Crippen molar-refractivity contribution in [2.45, 2.75) is 64.1 Å². The van der Waals surface area contributed by atoms with E-state index in [0.29, 0.717) is 12.1 Å². The minimum absolute atomic E-state index is 0.0115. The van der Waals surface area contributed by atoms with Gasteiger partial charge < -0.3 is 15.4 Å². The lowest BCUT2D eigenvalue weighted by atomic mass is 9.91. The number of hydrogen-bond acceptors (Lipinski definition) is 3. The van der Waals surface area contributed by atoms with Gasteiger partial charge in [-0.25, -0.2) is 0 Å². The van der Waals surface area contributed by atoms with Crippen molar-refractivity contribution in [3.8, 4) is 0 Å². The fourth-order valence-electron chi connectivity index (χ4n) is 2.22. The van der Waals surface area contributed by atoms with Crippen LogP contribution in [0, 0.1) is 0 Å². The van der Waals surface area contributed by atoms with E-state index in [1.807, 2.05) is 0 Å². The molecule has 2 N–H and O–H groups in total. The first kappa shape index (κ1) is 14.5. The summed E-state index contributed by atoms with van der Waals surface area (Å²) in [7, 11) is 1.57. The van der Waals surface area contributed by atoms with Gasteiger partial charge in [0.1, 0.15) is 6.10 Å². The summed E-state index contributed by atoms with van der Waals surface area (Å²) in [4.78, 5) is 11.6. The maximum atomic E-state index is 11.6. The zero-order valence-electron chi connectivity index (χ0n) is 11.3. The van der Waals surface area contributed by atoms with Gasteiger partial charge in [0.2, 0.25) is 5.91 Å². The quantitative estimate of drug-likeness (QED) is 0.741. The summed E-state index contributed by atoms with van der Waals surface area (Å²) in [6.45, 7) is 5.07. The Morgan fingerprint density at radius 3 is 2.41 bits per heavy atom. The second-order valence-corrected chi connectivity index (χ2v) is 4.89. The largest absolute Gasteiger partial charge is 0.372 e. The Kier molecular flexibility index (Phi) is 6.52. The number of amides is 1. The molecule has 1 aliphatic carbocycles. The zero-order valence-corrected chi connectivity index (χ0v) is 11.3. The Morgan fingerprint density at radius 1 is 1.29 bits per heavy atom. The predicted molar refractivity (Wildman–Crippen MR) is 69.0 cm³/mol. The van der Waals surface area contributed by atoms with Gasteiger partial charge in [-0.05, 0) is 45.6 Å². The van der Waals surface area contributed by atoms with Gasteiger partial charge in [-0.3, -0.25) is 4.79 Å². The molecular formula is C13H26N2O2. The molecular weight excluding hydrogens is 216 g/mol. The number of ether oxygens (including phenoxy) is 1. The molecule has 0 aromatic carbocycles. The second-order valence-electron chi connectivity index (χ2n) is 4.89. The second kappa shape index (κ2) is 7.67. The normalized spacial score (nSPS) is 26.5. The molecule has 0 saturated heterocycles. The van der Waals surface area contributed by atoms with E-state index in [2.05, 4.69) is 17.6 Å². The molecule has 17 heavy (non-hydrogen) atoms. The Morgan fingerprint density at radius 2 is 1.88 bits per heavy atom. The SMILES string of the molecule is CCCNC1CCC(NC(=O)C(C)OC)CC1. The molecule has 100 valence electrons. The van der Waals surface area contributed by atoms with Crippen LogP contribution in [0.2, 0.25) is 0 Å². The molecule has 1 aliphatic rings. The summed E-state index contributed by atoms with van der Waals surface area (Å²) in [6, 6.07) is 0.975. The molecule has 0 heterocycles. The van der Waals surface area contributed by atoms with Crippen molar-refractivity contribution in [1.29, 1.82) is 0 Å². The predicted octanol–water partition coefficient (Wildman–Crippen LogP) is 1.45. The molecule has 4 heteroatoms. The van der Waals surface area contributed by atoms with Crippen LogP contribution in [-0.2, 0) is 9.53 Å². The van der Waals surface area contributed by atoms with Gasteiger partial charge in [0.05, 0.1) is 0 Å². The highest BCUT2D eigenvalue weighted by Gasteiger charge is 2.23. The Balaban J connectivity index is 2.20. The minimum Gasteiger partial charge on any atom is -0.372 e. The molecule has 1 fully saturated rings. The summed E-state index contributed by atoms with van der Waals surface area (Å²) in [5.41, 5.74) is 0. The lowest BCUT2D eigenvalue weighted by Gasteiger charge is -2.30. The summed E-state index contributed by atoms with van der Waals surface area (Å²) < 4.78 is 5.00. The average Bonchev–Trinajstić information content (AvgIpc) is 2.37. The first-order chi connectivity index (χ1) is 8.17. The molecule has 0 aliphatic heterocycles. The van der Waals surface area contributed by atoms with Gasteiger partial charge in [0, 0.05) is 19.2 Å². The van der Waals surface area contributed by atoms with Gasteiger partial charge in [-0.2, -0.15) is 0 Å². The number of nitrogens with one attached hydrogen (secondary N) is 2. The smallest absolute Gasteiger partial charge is 0.249 e. The topological polar surface area (TPSA) is 50.4 Å². The summed E-state index contributed by atoms with van der Waals surface area (Å²) in [5.74, 6) is 0.0115. The molecule has 4 nitrogen and oxygen atoms in total. The van der Waals surface area contributed by atoms with Gasteiger partial charge in [-0.15, -0.1) is 0 Å². The lowest BCUT2D eigenvalue weighted by Crippen LogP contribution is -2.45. The van der Waals surface area contributed by atoms with Crippen LogP contribution in [0.25, 0.3) is 0 Å². The molecule has 0 aromatic heterocycles. The van der Waals surface area contributed by atoms with Gasteiger partial charge >= 0.3 is 0 Å². The van der Waals surface area contributed by atoms with Crippen LogP contribution in [-0.4, -0.2) is 37.7 Å². The first-order valence-corrected chi connectivity index (χ1v) is 6.74. The highest BCUT2D eigenvalue weighted by molar-refractivity contribution is 5.80. The van der Waals surface area contributed by atoms with Crippen molar-refractivity contribution in [2.75, 3.05) is 13.7 Å². The van der Waals surface area contributed by atoms with Crippen LogP contribution in [0.3, 0.4) is 0 Å². The number of carbonyl (C=O) groups is 1. The van der Waals surface area contributed by atoms with Crippen molar-refractivity contribution in [3.63, 3.8) is 0 Å². The number of rotatable bonds is 6. The van der Waals surface area contributed by atoms with E-state index < -0.39 is 0 Å². The maximum absolute atomic E-state index is 11.6. The van der Waals surface area contributed by atoms with E-state index in [9.17, 15) is 4.79 Å². The number of hydrogen-bond donors (Lipinski definition) is 2. The monoisotopic (exact) mass is 242 g/mol. The van der Waals surface area contributed by atoms with Crippen LogP contribution in [0.5, 0.6) is 0 Å². The highest BCUT2D eigenvalue weighted by atomic mass is 16.5. The van der Waals surface area contributed by atoms with E-state index in [1.165, 1.54) is 6.42 Å². The fraction of sp³-hybridized carbons (Fsp3) is 0.923. The first-order valence-electron chi connectivity index (χ1n) is 6.74. The number of carbonyl (C=O) groups excluding carboxylic acids is 1. The third-order valence-corrected chi connectivity index (χ3v) is 3.48. The molecule has 0 spiro atoms. The van der Waals surface area contributed by atoms with Crippen molar-refractivity contribution in [3.05, 3.63) is 0 Å². The van der Waals surface area contributed by atoms with Crippen LogP contribution < -0.4 is 10.6 Å². The van der Waals surface area contributed by atoms with Gasteiger partial charge in [0.15, 0.2) is 0 Å².